The van der Waals surface area contributed by atoms with Gasteiger partial charge in [0.25, 0.3) is 0 Å². The summed E-state index contributed by atoms with van der Waals surface area (Å²) in [6, 6.07) is -2.87. The lowest BCUT2D eigenvalue weighted by Crippen LogP contribution is -2.68. The molecule has 2 rings (SSSR count). The van der Waals surface area contributed by atoms with Crippen LogP contribution in [0.3, 0.4) is 0 Å². The molecule has 0 saturated carbocycles. The van der Waals surface area contributed by atoms with Gasteiger partial charge in [0.05, 0.1) is 25.5 Å². The summed E-state index contributed by atoms with van der Waals surface area (Å²) < 4.78 is 41.1. The molecule has 10 atom stereocenters. The van der Waals surface area contributed by atoms with Crippen molar-refractivity contribution < 1.29 is 58.1 Å². The van der Waals surface area contributed by atoms with E-state index >= 15 is 0 Å². The van der Waals surface area contributed by atoms with Crippen molar-refractivity contribution in [1.82, 2.24) is 10.0 Å². The fourth-order valence-corrected chi connectivity index (χ4v) is 4.15. The van der Waals surface area contributed by atoms with E-state index in [1.54, 1.807) is 0 Å². The molecule has 0 aromatic carbocycles. The number of sulfonamides is 1. The highest BCUT2D eigenvalue weighted by molar-refractivity contribution is 7.88. The molecule has 2 fully saturated rings. The summed E-state index contributed by atoms with van der Waals surface area (Å²) in [5.41, 5.74) is 0. The number of aliphatic hydroxyl groups is 6. The summed E-state index contributed by atoms with van der Waals surface area (Å²) in [5, 5.41) is 62.4. The van der Waals surface area contributed by atoms with Gasteiger partial charge in [-0.2, -0.15) is 0 Å². The maximum atomic E-state index is 11.6. The quantitative estimate of drug-likeness (QED) is 0.178. The zero-order valence-electron chi connectivity index (χ0n) is 16.2. The highest BCUT2D eigenvalue weighted by Gasteiger charge is 2.51. The standard InChI is InChI=1S/C15H28N2O12S/c1-5(20)16-9-11(22)13(7(4-19)27-14(9)24)29-15-12(23)8(17-30(2,25)26)10(21)6(3-18)28-15/h6-15,17-19,21-24H,3-4H2,1-2H3,(H,16,20)/t6-,7-,8+,9-,10+,11-,12-,13-,14?,15+/m1/s1. The SMILES string of the molecule is CC(=O)N[C@H]1C(O)O[C@H](CO)[C@@H](O[C@@H]2O[C@H](CO)[C@H](O)[C@H](NS(C)(=O)=O)[C@H]2O)[C@@H]1O. The van der Waals surface area contributed by atoms with E-state index in [4.69, 9.17) is 14.2 Å². The highest BCUT2D eigenvalue weighted by Crippen LogP contribution is 2.28. The van der Waals surface area contributed by atoms with Crippen molar-refractivity contribution in [3.63, 3.8) is 0 Å². The van der Waals surface area contributed by atoms with Crippen molar-refractivity contribution in [2.75, 3.05) is 19.5 Å². The van der Waals surface area contributed by atoms with E-state index in [9.17, 15) is 43.9 Å². The zero-order chi connectivity index (χ0) is 22.8. The molecule has 0 aromatic heterocycles. The molecule has 0 aromatic rings. The lowest BCUT2D eigenvalue weighted by atomic mass is 9.95. The number of nitrogens with one attached hydrogen (secondary N) is 2. The van der Waals surface area contributed by atoms with Crippen LogP contribution in [0.15, 0.2) is 0 Å². The van der Waals surface area contributed by atoms with Crippen LogP contribution in [0.5, 0.6) is 0 Å². The number of carbonyl (C=O) groups excluding carboxylic acids is 1. The first-order chi connectivity index (χ1) is 13.9. The van der Waals surface area contributed by atoms with Crippen molar-refractivity contribution in [1.29, 1.82) is 0 Å². The van der Waals surface area contributed by atoms with Gasteiger partial charge in [-0.15, -0.1) is 0 Å². The van der Waals surface area contributed by atoms with Gasteiger partial charge in [-0.25, -0.2) is 13.1 Å². The Balaban J connectivity index is 2.26. The minimum atomic E-state index is -3.89. The van der Waals surface area contributed by atoms with Gasteiger partial charge in [0.2, 0.25) is 15.9 Å². The summed E-state index contributed by atoms with van der Waals surface area (Å²) in [6.07, 6.45) is -11.7. The largest absolute Gasteiger partial charge is 0.394 e. The van der Waals surface area contributed by atoms with Crippen molar-refractivity contribution in [3.8, 4) is 0 Å². The molecule has 2 heterocycles. The molecule has 8 N–H and O–H groups in total. The molecule has 0 bridgehead atoms. The molecule has 15 heteroatoms. The third kappa shape index (κ3) is 5.83. The van der Waals surface area contributed by atoms with Crippen LogP contribution >= 0.6 is 0 Å². The van der Waals surface area contributed by atoms with E-state index in [0.29, 0.717) is 0 Å². The van der Waals surface area contributed by atoms with E-state index in [0.717, 1.165) is 13.2 Å². The molecule has 0 radical (unpaired) electrons. The predicted molar refractivity (Wildman–Crippen MR) is 96.0 cm³/mol. The second kappa shape index (κ2) is 10.1. The lowest BCUT2D eigenvalue weighted by molar-refractivity contribution is -0.334. The Morgan fingerprint density at radius 1 is 0.967 bits per heavy atom. The van der Waals surface area contributed by atoms with E-state index in [-0.39, 0.29) is 0 Å². The first kappa shape index (κ1) is 25.3. The van der Waals surface area contributed by atoms with Gasteiger partial charge in [0.1, 0.15) is 42.7 Å². The van der Waals surface area contributed by atoms with Gasteiger partial charge in [-0.3, -0.25) is 4.79 Å². The molecule has 2 aliphatic rings. The Morgan fingerprint density at radius 2 is 1.57 bits per heavy atom. The Morgan fingerprint density at radius 3 is 2.07 bits per heavy atom. The second-order valence-electron chi connectivity index (χ2n) is 7.19. The van der Waals surface area contributed by atoms with Gasteiger partial charge < -0.3 is 50.2 Å². The van der Waals surface area contributed by atoms with Gasteiger partial charge in [-0.05, 0) is 0 Å². The first-order valence-electron chi connectivity index (χ1n) is 9.04. The molecule has 1 amide bonds. The fourth-order valence-electron chi connectivity index (χ4n) is 3.38. The number of aliphatic hydroxyl groups excluding tert-OH is 6. The third-order valence-electron chi connectivity index (χ3n) is 4.77. The summed E-state index contributed by atoms with van der Waals surface area (Å²) in [5.74, 6) is -0.599. The van der Waals surface area contributed by atoms with Crippen LogP contribution in [0, 0.1) is 0 Å². The Bertz CT molecular complexity index is 693. The molecular formula is C15H28N2O12S. The summed E-state index contributed by atoms with van der Waals surface area (Å²) in [4.78, 5) is 11.3. The number of hydrogen-bond donors (Lipinski definition) is 8. The van der Waals surface area contributed by atoms with Crippen molar-refractivity contribution >= 4 is 15.9 Å². The Kier molecular flexibility index (Phi) is 8.51. The molecule has 2 aliphatic heterocycles. The van der Waals surface area contributed by atoms with Gasteiger partial charge in [0, 0.05) is 6.92 Å². The van der Waals surface area contributed by atoms with Crippen molar-refractivity contribution in [2.45, 2.75) is 68.2 Å². The van der Waals surface area contributed by atoms with Gasteiger partial charge >= 0.3 is 0 Å². The number of carbonyl (C=O) groups is 1. The van der Waals surface area contributed by atoms with E-state index in [1.807, 2.05) is 4.72 Å². The summed E-state index contributed by atoms with van der Waals surface area (Å²) in [7, 11) is -3.89. The van der Waals surface area contributed by atoms with Crippen LogP contribution < -0.4 is 10.0 Å². The smallest absolute Gasteiger partial charge is 0.217 e. The fraction of sp³-hybridized carbons (Fsp3) is 0.933. The molecule has 30 heavy (non-hydrogen) atoms. The first-order valence-corrected chi connectivity index (χ1v) is 10.9. The molecule has 176 valence electrons. The Labute approximate surface area is 172 Å². The second-order valence-corrected chi connectivity index (χ2v) is 8.97. The maximum absolute atomic E-state index is 11.6. The third-order valence-corrected chi connectivity index (χ3v) is 5.47. The van der Waals surface area contributed by atoms with E-state index in [1.165, 1.54) is 0 Å². The van der Waals surface area contributed by atoms with Crippen LogP contribution in [-0.2, 0) is 29.0 Å². The minimum Gasteiger partial charge on any atom is -0.394 e. The maximum Gasteiger partial charge on any atom is 0.217 e. The molecule has 2 saturated heterocycles. The van der Waals surface area contributed by atoms with Crippen molar-refractivity contribution in [2.24, 2.45) is 0 Å². The van der Waals surface area contributed by atoms with Gasteiger partial charge in [-0.1, -0.05) is 0 Å². The van der Waals surface area contributed by atoms with Crippen LogP contribution in [0.25, 0.3) is 0 Å². The monoisotopic (exact) mass is 460 g/mol. The average Bonchev–Trinajstić information content (AvgIpc) is 2.65. The van der Waals surface area contributed by atoms with E-state index < -0.39 is 90.4 Å². The van der Waals surface area contributed by atoms with Crippen LogP contribution in [0.2, 0.25) is 0 Å². The topological polar surface area (TPSA) is 224 Å². The summed E-state index contributed by atoms with van der Waals surface area (Å²) >= 11 is 0. The van der Waals surface area contributed by atoms with Crippen molar-refractivity contribution in [3.05, 3.63) is 0 Å². The molecule has 14 nitrogen and oxygen atoms in total. The minimum absolute atomic E-state index is 0.599. The molecular weight excluding hydrogens is 432 g/mol. The number of rotatable bonds is 7. The number of hydrogen-bond acceptors (Lipinski definition) is 12. The normalized spacial score (nSPS) is 42.7. The number of ether oxygens (including phenoxy) is 3. The predicted octanol–water partition coefficient (Wildman–Crippen LogP) is -5.70. The van der Waals surface area contributed by atoms with Crippen LogP contribution in [0.4, 0.5) is 0 Å². The average molecular weight is 460 g/mol. The van der Waals surface area contributed by atoms with Gasteiger partial charge in [0.15, 0.2) is 12.6 Å². The lowest BCUT2D eigenvalue weighted by Gasteiger charge is -2.47. The molecule has 1 unspecified atom stereocenters. The molecule has 0 spiro atoms. The Hall–Kier alpha value is -0.980. The van der Waals surface area contributed by atoms with Crippen LogP contribution in [-0.4, -0.2) is 126 Å². The summed E-state index contributed by atoms with van der Waals surface area (Å²) in [6.45, 7) is -0.350. The highest BCUT2D eigenvalue weighted by atomic mass is 32.2. The molecule has 0 aliphatic carbocycles. The van der Waals surface area contributed by atoms with E-state index in [2.05, 4.69) is 5.32 Å². The number of amides is 1. The van der Waals surface area contributed by atoms with Crippen LogP contribution in [0.1, 0.15) is 6.92 Å². The zero-order valence-corrected chi connectivity index (χ0v) is 17.0.